The third kappa shape index (κ3) is 5.78. The zero-order valence-corrected chi connectivity index (χ0v) is 16.8. The molecule has 0 fully saturated rings. The number of hydrogen-bond donors (Lipinski definition) is 3. The molecule has 1 aromatic heterocycles. The minimum atomic E-state index is -0.0977. The summed E-state index contributed by atoms with van der Waals surface area (Å²) >= 11 is 0. The Balaban J connectivity index is 0.000000200. The van der Waals surface area contributed by atoms with Crippen molar-refractivity contribution in [1.29, 1.82) is 0 Å². The van der Waals surface area contributed by atoms with Crippen LogP contribution in [0.3, 0.4) is 0 Å². The van der Waals surface area contributed by atoms with Gasteiger partial charge in [-0.25, -0.2) is 0 Å². The van der Waals surface area contributed by atoms with Crippen molar-refractivity contribution in [1.82, 2.24) is 4.98 Å². The van der Waals surface area contributed by atoms with Gasteiger partial charge in [-0.1, -0.05) is 44.4 Å². The molecule has 0 bridgehead atoms. The third-order valence-electron chi connectivity index (χ3n) is 4.64. The number of benzene rings is 2. The van der Waals surface area contributed by atoms with E-state index in [4.69, 9.17) is 9.84 Å². The summed E-state index contributed by atoms with van der Waals surface area (Å²) in [6.45, 7) is 4.09. The van der Waals surface area contributed by atoms with Crippen molar-refractivity contribution in [3.05, 3.63) is 63.9 Å². The first-order valence-corrected chi connectivity index (χ1v) is 9.63. The highest BCUT2D eigenvalue weighted by Crippen LogP contribution is 2.24. The van der Waals surface area contributed by atoms with Crippen LogP contribution in [0.1, 0.15) is 43.7 Å². The average Bonchev–Trinajstić information content (AvgIpc) is 2.66. The van der Waals surface area contributed by atoms with Gasteiger partial charge in [-0.2, -0.15) is 0 Å². The Morgan fingerprint density at radius 3 is 2.50 bits per heavy atom. The number of aryl methyl sites for hydroxylation is 2. The fourth-order valence-corrected chi connectivity index (χ4v) is 3.10. The van der Waals surface area contributed by atoms with Crippen molar-refractivity contribution < 1.29 is 14.9 Å². The number of nitrogens with one attached hydrogen (secondary N) is 1. The number of methoxy groups -OCH3 is 1. The normalized spacial score (nSPS) is 10.4. The number of phenols is 2. The second-order valence-electron chi connectivity index (χ2n) is 6.82. The van der Waals surface area contributed by atoms with E-state index in [0.717, 1.165) is 34.9 Å². The van der Waals surface area contributed by atoms with Gasteiger partial charge in [-0.3, -0.25) is 4.79 Å². The molecule has 0 aliphatic heterocycles. The second kappa shape index (κ2) is 10.4. The minimum absolute atomic E-state index is 0.0977. The van der Waals surface area contributed by atoms with Gasteiger partial charge < -0.3 is 19.9 Å². The number of fused-ring (bicyclic) bond motifs is 1. The first-order valence-electron chi connectivity index (χ1n) is 9.63. The van der Waals surface area contributed by atoms with E-state index in [1.54, 1.807) is 25.3 Å². The molecule has 0 atom stereocenters. The van der Waals surface area contributed by atoms with Crippen molar-refractivity contribution in [2.24, 2.45) is 0 Å². The van der Waals surface area contributed by atoms with Gasteiger partial charge in [0.2, 0.25) is 5.56 Å². The molecule has 0 unspecified atom stereocenters. The molecule has 0 radical (unpaired) electrons. The van der Waals surface area contributed by atoms with Crippen molar-refractivity contribution >= 4 is 10.9 Å². The van der Waals surface area contributed by atoms with Crippen LogP contribution >= 0.6 is 0 Å². The first-order chi connectivity index (χ1) is 13.5. The predicted molar refractivity (Wildman–Crippen MR) is 113 cm³/mol. The highest BCUT2D eigenvalue weighted by Gasteiger charge is 2.04. The predicted octanol–water partition coefficient (Wildman–Crippen LogP) is 5.07. The largest absolute Gasteiger partial charge is 0.508 e. The average molecular weight is 383 g/mol. The van der Waals surface area contributed by atoms with E-state index >= 15 is 0 Å². The zero-order chi connectivity index (χ0) is 20.5. The number of aromatic nitrogens is 1. The van der Waals surface area contributed by atoms with Crippen LogP contribution in [0, 0.1) is 6.92 Å². The number of para-hydroxylation sites is 1. The van der Waals surface area contributed by atoms with Crippen LogP contribution in [0.25, 0.3) is 10.9 Å². The molecule has 0 saturated carbocycles. The maximum absolute atomic E-state index is 11.3. The molecule has 1 heterocycles. The van der Waals surface area contributed by atoms with E-state index in [9.17, 15) is 9.90 Å². The number of rotatable bonds is 6. The van der Waals surface area contributed by atoms with Gasteiger partial charge in [-0.05, 0) is 43.0 Å². The summed E-state index contributed by atoms with van der Waals surface area (Å²) in [5, 5.41) is 19.6. The summed E-state index contributed by atoms with van der Waals surface area (Å²) in [5.41, 5.74) is 2.56. The lowest BCUT2D eigenvalue weighted by atomic mass is 10.1. The molecule has 0 spiro atoms. The van der Waals surface area contributed by atoms with Crippen LogP contribution in [0.4, 0.5) is 0 Å². The molecule has 5 heteroatoms. The van der Waals surface area contributed by atoms with Gasteiger partial charge >= 0.3 is 0 Å². The number of H-pyrrole nitrogens is 1. The maximum atomic E-state index is 11.3. The van der Waals surface area contributed by atoms with E-state index in [1.807, 2.05) is 25.1 Å². The summed E-state index contributed by atoms with van der Waals surface area (Å²) < 4.78 is 5.17. The lowest BCUT2D eigenvalue weighted by molar-refractivity contribution is 0.419. The second-order valence-corrected chi connectivity index (χ2v) is 6.82. The molecule has 0 aliphatic carbocycles. The van der Waals surface area contributed by atoms with Crippen LogP contribution in [0.2, 0.25) is 0 Å². The Hall–Kier alpha value is -2.95. The smallest absolute Gasteiger partial charge is 0.248 e. The maximum Gasteiger partial charge on any atom is 0.248 e. The lowest BCUT2D eigenvalue weighted by Crippen LogP contribution is -2.05. The summed E-state index contributed by atoms with van der Waals surface area (Å²) in [7, 11) is 1.59. The lowest BCUT2D eigenvalue weighted by Gasteiger charge is -2.05. The first kappa shape index (κ1) is 21.4. The topological polar surface area (TPSA) is 82.5 Å². The molecule has 0 amide bonds. The Labute approximate surface area is 165 Å². The van der Waals surface area contributed by atoms with E-state index in [1.165, 1.54) is 25.3 Å². The van der Waals surface area contributed by atoms with Crippen molar-refractivity contribution in [2.45, 2.75) is 46.0 Å². The standard InChI is InChI=1S/C12H18O2.C11H11NO2/c1-2-3-4-5-6-10-7-8-11(13)9-12(10)14;1-7-6-10(13)12-11-8(7)4-3-5-9(11)14-2/h7-9,13-14H,2-6H2,1H3;3-6H,1-2H3,(H,12,13). The number of pyridine rings is 1. The van der Waals surface area contributed by atoms with Gasteiger partial charge in [0.05, 0.1) is 12.6 Å². The molecule has 150 valence electrons. The number of aromatic hydroxyl groups is 2. The molecule has 3 rings (SSSR count). The summed E-state index contributed by atoms with van der Waals surface area (Å²) in [4.78, 5) is 14.0. The Morgan fingerprint density at radius 2 is 1.82 bits per heavy atom. The van der Waals surface area contributed by atoms with Gasteiger partial charge in [0.15, 0.2) is 0 Å². The Bertz CT molecular complexity index is 962. The van der Waals surface area contributed by atoms with Crippen LogP contribution in [0.15, 0.2) is 47.3 Å². The van der Waals surface area contributed by atoms with Crippen LogP contribution < -0.4 is 10.3 Å². The number of unbranched alkanes of at least 4 members (excludes halogenated alkanes) is 3. The molecular weight excluding hydrogens is 354 g/mol. The number of aromatic amines is 1. The summed E-state index contributed by atoms with van der Waals surface area (Å²) in [6, 6.07) is 12.1. The monoisotopic (exact) mass is 383 g/mol. The van der Waals surface area contributed by atoms with E-state index in [-0.39, 0.29) is 17.1 Å². The number of hydrogen-bond acceptors (Lipinski definition) is 4. The molecule has 0 aliphatic rings. The summed E-state index contributed by atoms with van der Waals surface area (Å²) in [5.74, 6) is 1.03. The van der Waals surface area contributed by atoms with E-state index in [0.29, 0.717) is 5.75 Å². The molecule has 3 aromatic rings. The molecule has 0 saturated heterocycles. The van der Waals surface area contributed by atoms with Crippen LogP contribution in [0.5, 0.6) is 17.2 Å². The van der Waals surface area contributed by atoms with E-state index < -0.39 is 0 Å². The quantitative estimate of drug-likeness (QED) is 0.519. The molecule has 3 N–H and O–H groups in total. The SMILES string of the molecule is CCCCCCc1ccc(O)cc1O.COc1cccc2c(C)cc(=O)[nH]c12. The highest BCUT2D eigenvalue weighted by molar-refractivity contribution is 5.86. The van der Waals surface area contributed by atoms with Gasteiger partial charge in [0.1, 0.15) is 17.2 Å². The Morgan fingerprint density at radius 1 is 1.04 bits per heavy atom. The van der Waals surface area contributed by atoms with Gasteiger partial charge in [0.25, 0.3) is 0 Å². The zero-order valence-electron chi connectivity index (χ0n) is 16.8. The van der Waals surface area contributed by atoms with E-state index in [2.05, 4.69) is 11.9 Å². The summed E-state index contributed by atoms with van der Waals surface area (Å²) in [6.07, 6.45) is 5.68. The van der Waals surface area contributed by atoms with Gasteiger partial charge in [0, 0.05) is 17.5 Å². The van der Waals surface area contributed by atoms with Crippen molar-refractivity contribution in [2.75, 3.05) is 7.11 Å². The van der Waals surface area contributed by atoms with Crippen LogP contribution in [-0.2, 0) is 6.42 Å². The molecule has 28 heavy (non-hydrogen) atoms. The molecular formula is C23H29NO4. The number of ether oxygens (including phenoxy) is 1. The third-order valence-corrected chi connectivity index (χ3v) is 4.64. The van der Waals surface area contributed by atoms with Crippen molar-refractivity contribution in [3.8, 4) is 17.2 Å². The Kier molecular flexibility index (Phi) is 7.93. The van der Waals surface area contributed by atoms with Gasteiger partial charge in [-0.15, -0.1) is 0 Å². The fourth-order valence-electron chi connectivity index (χ4n) is 3.10. The molecule has 5 nitrogen and oxygen atoms in total. The fraction of sp³-hybridized carbons (Fsp3) is 0.348. The van der Waals surface area contributed by atoms with Crippen LogP contribution in [-0.4, -0.2) is 22.3 Å². The molecule has 2 aromatic carbocycles. The number of phenolic OH excluding ortho intramolecular Hbond substituents is 2. The van der Waals surface area contributed by atoms with Crippen molar-refractivity contribution in [3.63, 3.8) is 0 Å². The minimum Gasteiger partial charge on any atom is -0.508 e. The highest BCUT2D eigenvalue weighted by atomic mass is 16.5.